The fourth-order valence-corrected chi connectivity index (χ4v) is 3.82. The summed E-state index contributed by atoms with van der Waals surface area (Å²) in [5.41, 5.74) is 2.35. The Balaban J connectivity index is 1.62. The molecular weight excluding hydrogens is 531 g/mol. The number of hydrogen-bond donors (Lipinski definition) is 3. The molecule has 3 aromatic rings. The topological polar surface area (TPSA) is 90.9 Å². The second kappa shape index (κ2) is 8.40. The SMILES string of the molecule is Cc1cc(I)ccc1NC(=O)CSc1n[nH]c(-c2cc(Br)ccc2O)n1. The van der Waals surface area contributed by atoms with Crippen LogP contribution >= 0.6 is 50.3 Å². The van der Waals surface area contributed by atoms with Gasteiger partial charge in [-0.25, -0.2) is 4.98 Å². The lowest BCUT2D eigenvalue weighted by Gasteiger charge is -2.07. The second-order valence-corrected chi connectivity index (χ2v) is 8.53. The van der Waals surface area contributed by atoms with Crippen LogP contribution in [0.25, 0.3) is 11.4 Å². The van der Waals surface area contributed by atoms with Crippen LogP contribution in [-0.4, -0.2) is 31.9 Å². The zero-order valence-corrected chi connectivity index (χ0v) is 18.1. The second-order valence-electron chi connectivity index (χ2n) is 5.42. The van der Waals surface area contributed by atoms with Gasteiger partial charge in [0.25, 0.3) is 0 Å². The molecule has 0 radical (unpaired) electrons. The first-order valence-corrected chi connectivity index (χ1v) is 10.4. The Morgan fingerprint density at radius 3 is 2.92 bits per heavy atom. The van der Waals surface area contributed by atoms with E-state index in [-0.39, 0.29) is 17.4 Å². The van der Waals surface area contributed by atoms with Crippen molar-refractivity contribution >= 4 is 61.9 Å². The van der Waals surface area contributed by atoms with Crippen molar-refractivity contribution in [2.24, 2.45) is 0 Å². The standard InChI is InChI=1S/C17H14BrIN4O2S/c1-9-6-11(19)3-4-13(9)20-15(25)8-26-17-21-16(22-23-17)12-7-10(18)2-5-14(12)24/h2-7,24H,8H2,1H3,(H,20,25)(H,21,22,23). The van der Waals surface area contributed by atoms with Crippen LogP contribution in [-0.2, 0) is 4.79 Å². The molecule has 0 aliphatic carbocycles. The van der Waals surface area contributed by atoms with Crippen LogP contribution < -0.4 is 5.32 Å². The first-order valence-electron chi connectivity index (χ1n) is 7.52. The number of amides is 1. The molecule has 3 rings (SSSR count). The molecule has 3 N–H and O–H groups in total. The molecule has 26 heavy (non-hydrogen) atoms. The minimum Gasteiger partial charge on any atom is -0.507 e. The predicted octanol–water partition coefficient (Wildman–Crippen LogP) is 4.58. The van der Waals surface area contributed by atoms with Gasteiger partial charge >= 0.3 is 0 Å². The molecule has 1 amide bonds. The first-order chi connectivity index (χ1) is 12.4. The van der Waals surface area contributed by atoms with E-state index in [0.29, 0.717) is 16.5 Å². The first kappa shape index (κ1) is 19.2. The molecule has 0 atom stereocenters. The number of aryl methyl sites for hydroxylation is 1. The molecule has 1 aromatic heterocycles. The predicted molar refractivity (Wildman–Crippen MR) is 114 cm³/mol. The minimum atomic E-state index is -0.129. The number of H-pyrrole nitrogens is 1. The number of thioether (sulfide) groups is 1. The summed E-state index contributed by atoms with van der Waals surface area (Å²) < 4.78 is 1.94. The molecule has 1 heterocycles. The van der Waals surface area contributed by atoms with E-state index >= 15 is 0 Å². The number of aromatic nitrogens is 3. The Kier molecular flexibility index (Phi) is 6.20. The van der Waals surface area contributed by atoms with Gasteiger partial charge in [0.2, 0.25) is 11.1 Å². The quantitative estimate of drug-likeness (QED) is 0.323. The number of benzene rings is 2. The average Bonchev–Trinajstić information content (AvgIpc) is 3.06. The molecule has 0 bridgehead atoms. The van der Waals surface area contributed by atoms with Crippen molar-refractivity contribution in [1.82, 2.24) is 15.2 Å². The lowest BCUT2D eigenvalue weighted by atomic mass is 10.2. The van der Waals surface area contributed by atoms with E-state index in [1.54, 1.807) is 18.2 Å². The number of nitrogens with zero attached hydrogens (tertiary/aromatic N) is 2. The number of phenols is 1. The smallest absolute Gasteiger partial charge is 0.234 e. The van der Waals surface area contributed by atoms with Crippen LogP contribution in [0.3, 0.4) is 0 Å². The van der Waals surface area contributed by atoms with Gasteiger partial charge in [-0.2, -0.15) is 0 Å². The van der Waals surface area contributed by atoms with Crippen LogP contribution in [0.5, 0.6) is 5.75 Å². The summed E-state index contributed by atoms with van der Waals surface area (Å²) in [5, 5.41) is 20.1. The normalized spacial score (nSPS) is 10.7. The van der Waals surface area contributed by atoms with Gasteiger partial charge in [0.05, 0.1) is 11.3 Å². The van der Waals surface area contributed by atoms with Gasteiger partial charge in [-0.05, 0) is 71.5 Å². The number of aromatic amines is 1. The van der Waals surface area contributed by atoms with E-state index < -0.39 is 0 Å². The Morgan fingerprint density at radius 1 is 1.35 bits per heavy atom. The Labute approximate surface area is 176 Å². The van der Waals surface area contributed by atoms with E-state index in [1.165, 1.54) is 11.8 Å². The Bertz CT molecular complexity index is 964. The number of rotatable bonds is 5. The van der Waals surface area contributed by atoms with E-state index in [2.05, 4.69) is 59.0 Å². The molecule has 9 heteroatoms. The zero-order chi connectivity index (χ0) is 18.7. The lowest BCUT2D eigenvalue weighted by Crippen LogP contribution is -2.15. The van der Waals surface area contributed by atoms with Crippen molar-refractivity contribution in [1.29, 1.82) is 0 Å². The molecule has 134 valence electrons. The van der Waals surface area contributed by atoms with Crippen molar-refractivity contribution < 1.29 is 9.90 Å². The van der Waals surface area contributed by atoms with Gasteiger partial charge in [0, 0.05) is 13.7 Å². The fourth-order valence-electron chi connectivity index (χ4n) is 2.21. The summed E-state index contributed by atoms with van der Waals surface area (Å²) in [6, 6.07) is 10.9. The summed E-state index contributed by atoms with van der Waals surface area (Å²) in [7, 11) is 0. The third-order valence-corrected chi connectivity index (χ3v) is 5.49. The lowest BCUT2D eigenvalue weighted by molar-refractivity contribution is -0.113. The van der Waals surface area contributed by atoms with Crippen molar-refractivity contribution in [3.05, 3.63) is 50.0 Å². The number of carbonyl (C=O) groups is 1. The minimum absolute atomic E-state index is 0.104. The Hall–Kier alpha value is -1.59. The number of carbonyl (C=O) groups excluding carboxylic acids is 1. The van der Waals surface area contributed by atoms with E-state index in [4.69, 9.17) is 0 Å². The highest BCUT2D eigenvalue weighted by atomic mass is 127. The summed E-state index contributed by atoms with van der Waals surface area (Å²) in [6.45, 7) is 1.96. The maximum atomic E-state index is 12.2. The van der Waals surface area contributed by atoms with Gasteiger partial charge < -0.3 is 10.4 Å². The van der Waals surface area contributed by atoms with Crippen LogP contribution in [0.4, 0.5) is 5.69 Å². The summed E-state index contributed by atoms with van der Waals surface area (Å²) in [4.78, 5) is 16.5. The van der Waals surface area contributed by atoms with E-state index in [0.717, 1.165) is 19.3 Å². The highest BCUT2D eigenvalue weighted by Gasteiger charge is 2.13. The number of phenolic OH excluding ortho intramolecular Hbond substituents is 1. The molecule has 0 aliphatic rings. The Morgan fingerprint density at radius 2 is 2.15 bits per heavy atom. The van der Waals surface area contributed by atoms with Crippen molar-refractivity contribution in [3.8, 4) is 17.1 Å². The summed E-state index contributed by atoms with van der Waals surface area (Å²) >= 11 is 6.82. The van der Waals surface area contributed by atoms with Crippen LogP contribution in [0, 0.1) is 10.5 Å². The zero-order valence-electron chi connectivity index (χ0n) is 13.6. The van der Waals surface area contributed by atoms with Gasteiger partial charge in [-0.3, -0.25) is 9.89 Å². The van der Waals surface area contributed by atoms with Gasteiger partial charge in [0.15, 0.2) is 5.82 Å². The van der Waals surface area contributed by atoms with Gasteiger partial charge in [0.1, 0.15) is 5.75 Å². The molecule has 0 fully saturated rings. The van der Waals surface area contributed by atoms with Crippen molar-refractivity contribution in [3.63, 3.8) is 0 Å². The van der Waals surface area contributed by atoms with Gasteiger partial charge in [-0.15, -0.1) is 5.10 Å². The van der Waals surface area contributed by atoms with Crippen molar-refractivity contribution in [2.45, 2.75) is 12.1 Å². The summed E-state index contributed by atoms with van der Waals surface area (Å²) in [5.74, 6) is 0.608. The van der Waals surface area contributed by atoms with Gasteiger partial charge in [-0.1, -0.05) is 27.7 Å². The molecule has 0 aliphatic heterocycles. The summed E-state index contributed by atoms with van der Waals surface area (Å²) in [6.07, 6.45) is 0. The molecule has 0 saturated carbocycles. The number of halogens is 2. The third kappa shape index (κ3) is 4.77. The third-order valence-electron chi connectivity index (χ3n) is 3.47. The molecule has 6 nitrogen and oxygen atoms in total. The highest BCUT2D eigenvalue weighted by molar-refractivity contribution is 14.1. The molecule has 2 aromatic carbocycles. The van der Waals surface area contributed by atoms with E-state index in [9.17, 15) is 9.90 Å². The fraction of sp³-hybridized carbons (Fsp3) is 0.118. The number of anilines is 1. The highest BCUT2D eigenvalue weighted by Crippen LogP contribution is 2.30. The number of aromatic hydroxyl groups is 1. The van der Waals surface area contributed by atoms with Crippen LogP contribution in [0.2, 0.25) is 0 Å². The monoisotopic (exact) mass is 544 g/mol. The maximum Gasteiger partial charge on any atom is 0.234 e. The molecular formula is C17H14BrIN4O2S. The average molecular weight is 545 g/mol. The number of nitrogens with one attached hydrogen (secondary N) is 2. The van der Waals surface area contributed by atoms with E-state index in [1.807, 2.05) is 25.1 Å². The number of hydrogen-bond acceptors (Lipinski definition) is 5. The maximum absolute atomic E-state index is 12.2. The van der Waals surface area contributed by atoms with Crippen LogP contribution in [0.1, 0.15) is 5.56 Å². The molecule has 0 spiro atoms. The molecule has 0 unspecified atom stereocenters. The van der Waals surface area contributed by atoms with Crippen LogP contribution in [0.15, 0.2) is 46.0 Å². The molecule has 0 saturated heterocycles. The largest absolute Gasteiger partial charge is 0.507 e. The van der Waals surface area contributed by atoms with Crippen molar-refractivity contribution in [2.75, 3.05) is 11.1 Å².